The minimum atomic E-state index is -0.524. The van der Waals surface area contributed by atoms with Crippen molar-refractivity contribution in [2.45, 2.75) is 25.8 Å². The van der Waals surface area contributed by atoms with Gasteiger partial charge in [-0.25, -0.2) is 4.98 Å². The van der Waals surface area contributed by atoms with Crippen LogP contribution < -0.4 is 20.3 Å². The molecule has 0 radical (unpaired) electrons. The lowest BCUT2D eigenvalue weighted by atomic mass is 9.99. The van der Waals surface area contributed by atoms with Crippen LogP contribution >= 0.6 is 23.2 Å². The number of aromatic nitrogens is 2. The van der Waals surface area contributed by atoms with Crippen molar-refractivity contribution in [1.29, 1.82) is 0 Å². The lowest BCUT2D eigenvalue weighted by Gasteiger charge is -2.28. The molecule has 12 nitrogen and oxygen atoms in total. The van der Waals surface area contributed by atoms with Crippen LogP contribution in [0.1, 0.15) is 30.5 Å². The van der Waals surface area contributed by atoms with Gasteiger partial charge < -0.3 is 34.0 Å². The fraction of sp³-hybridized carbons (Fsp3) is 0.238. The Kier molecular flexibility index (Phi) is 12.0. The molecule has 6 rings (SSSR count). The minimum absolute atomic E-state index is 0.0959. The molecule has 1 unspecified atom stereocenters. The number of fused-ring (bicyclic) bond motifs is 1. The molecule has 3 aromatic carbocycles. The third-order valence-electron chi connectivity index (χ3n) is 9.57. The molecular formula is C42H41Cl2N6O6+. The predicted octanol–water partition coefficient (Wildman–Crippen LogP) is 8.45. The summed E-state index contributed by atoms with van der Waals surface area (Å²) < 4.78 is 13.1. The Morgan fingerprint density at radius 2 is 1.75 bits per heavy atom. The van der Waals surface area contributed by atoms with Crippen molar-refractivity contribution in [2.24, 2.45) is 4.99 Å². The SMILES string of the molecule is COc1cc(OC)c(Cl)c(-c2cc3cnc(Nc4ccccc4)cc3n(C(C)c3cccc(CC(=O)/C=C/C[N+](C)(C)CC4=C([N+](=O)[O-])N=CC4)c3)c2=O)c1Cl. The maximum absolute atomic E-state index is 14.8. The fourth-order valence-electron chi connectivity index (χ4n) is 6.81. The van der Waals surface area contributed by atoms with Gasteiger partial charge in [0.05, 0.1) is 67.6 Å². The number of nitro groups is 1. The molecule has 0 amide bonds. The quantitative estimate of drug-likeness (QED) is 0.0482. The Labute approximate surface area is 334 Å². The van der Waals surface area contributed by atoms with E-state index in [0.29, 0.717) is 57.8 Å². The first-order chi connectivity index (χ1) is 26.8. The number of aliphatic imine (C=N–C) groups is 1. The smallest absolute Gasteiger partial charge is 0.368 e. The average molecular weight is 797 g/mol. The summed E-state index contributed by atoms with van der Waals surface area (Å²) in [5.74, 6) is 0.923. The number of para-hydroxylation sites is 1. The zero-order valence-electron chi connectivity index (χ0n) is 31.6. The molecule has 0 saturated carbocycles. The van der Waals surface area contributed by atoms with Gasteiger partial charge in [-0.3, -0.25) is 9.59 Å². The van der Waals surface area contributed by atoms with Gasteiger partial charge in [-0.1, -0.05) is 70.7 Å². The monoisotopic (exact) mass is 795 g/mol. The number of hydrogen-bond donors (Lipinski definition) is 1. The van der Waals surface area contributed by atoms with Gasteiger partial charge in [-0.05, 0) is 53.3 Å². The van der Waals surface area contributed by atoms with Gasteiger partial charge in [-0.15, -0.1) is 0 Å². The highest BCUT2D eigenvalue weighted by Gasteiger charge is 2.28. The van der Waals surface area contributed by atoms with E-state index < -0.39 is 11.0 Å². The predicted molar refractivity (Wildman–Crippen MR) is 221 cm³/mol. The maximum atomic E-state index is 14.8. The van der Waals surface area contributed by atoms with E-state index in [1.807, 2.05) is 81.7 Å². The van der Waals surface area contributed by atoms with E-state index in [4.69, 9.17) is 32.7 Å². The van der Waals surface area contributed by atoms with Crippen molar-refractivity contribution >= 4 is 57.6 Å². The topological polar surface area (TPSA) is 138 Å². The van der Waals surface area contributed by atoms with Gasteiger partial charge in [0.2, 0.25) is 0 Å². The molecule has 1 atom stereocenters. The number of pyridine rings is 2. The maximum Gasteiger partial charge on any atom is 0.368 e. The molecule has 288 valence electrons. The second kappa shape index (κ2) is 16.9. The summed E-state index contributed by atoms with van der Waals surface area (Å²) >= 11 is 13.7. The van der Waals surface area contributed by atoms with Crippen LogP contribution in [-0.2, 0) is 11.2 Å². The lowest BCUT2D eigenvalue weighted by Crippen LogP contribution is -2.41. The Balaban J connectivity index is 1.34. The van der Waals surface area contributed by atoms with E-state index >= 15 is 0 Å². The molecule has 3 heterocycles. The number of quaternary nitrogens is 1. The largest absolute Gasteiger partial charge is 0.495 e. The Morgan fingerprint density at radius 1 is 1.04 bits per heavy atom. The van der Waals surface area contributed by atoms with Gasteiger partial charge >= 0.3 is 5.82 Å². The van der Waals surface area contributed by atoms with Crippen LogP contribution in [0.25, 0.3) is 22.0 Å². The van der Waals surface area contributed by atoms with Crippen LogP contribution in [0.2, 0.25) is 10.0 Å². The molecule has 1 N–H and O–H groups in total. The number of allylic oxidation sites excluding steroid dienone is 1. The highest BCUT2D eigenvalue weighted by Crippen LogP contribution is 2.45. The number of ether oxygens (including phenoxy) is 2. The third kappa shape index (κ3) is 8.68. The number of anilines is 2. The molecular weight excluding hydrogens is 755 g/mol. The number of carbonyl (C=O) groups excluding carboxylic acids is 1. The van der Waals surface area contributed by atoms with E-state index in [1.54, 1.807) is 41.3 Å². The van der Waals surface area contributed by atoms with E-state index in [-0.39, 0.29) is 44.8 Å². The Bertz CT molecular complexity index is 2450. The molecule has 0 saturated heterocycles. The van der Waals surface area contributed by atoms with E-state index in [9.17, 15) is 19.7 Å². The summed E-state index contributed by atoms with van der Waals surface area (Å²) in [5.41, 5.74) is 3.80. The van der Waals surface area contributed by atoms with Gasteiger partial charge in [0.15, 0.2) is 5.78 Å². The summed E-state index contributed by atoms with van der Waals surface area (Å²) in [6, 6.07) is 21.8. The number of ketones is 1. The number of benzene rings is 3. The van der Waals surface area contributed by atoms with Gasteiger partial charge in [0.1, 0.15) is 30.1 Å². The Hall–Kier alpha value is -5.82. The molecule has 0 fully saturated rings. The van der Waals surface area contributed by atoms with Gasteiger partial charge in [0, 0.05) is 47.8 Å². The number of methoxy groups -OCH3 is 2. The molecule has 0 aliphatic carbocycles. The zero-order valence-corrected chi connectivity index (χ0v) is 33.1. The summed E-state index contributed by atoms with van der Waals surface area (Å²) in [6.07, 6.45) is 7.17. The van der Waals surface area contributed by atoms with Crippen molar-refractivity contribution in [3.8, 4) is 22.6 Å². The molecule has 0 spiro atoms. The van der Waals surface area contributed by atoms with E-state index in [2.05, 4.69) is 15.3 Å². The number of nitrogens with zero attached hydrogens (tertiary/aromatic N) is 5. The van der Waals surface area contributed by atoms with E-state index in [1.165, 1.54) is 14.2 Å². The zero-order chi connectivity index (χ0) is 40.1. The van der Waals surface area contributed by atoms with Gasteiger partial charge in [0.25, 0.3) is 5.56 Å². The van der Waals surface area contributed by atoms with Crippen molar-refractivity contribution in [1.82, 2.24) is 9.55 Å². The van der Waals surface area contributed by atoms with Crippen molar-refractivity contribution in [3.63, 3.8) is 0 Å². The van der Waals surface area contributed by atoms with Crippen molar-refractivity contribution in [2.75, 3.05) is 46.7 Å². The first-order valence-corrected chi connectivity index (χ1v) is 18.5. The van der Waals surface area contributed by atoms with E-state index in [0.717, 1.165) is 16.8 Å². The van der Waals surface area contributed by atoms with Crippen LogP contribution in [-0.4, -0.2) is 72.4 Å². The number of carbonyl (C=O) groups is 1. The molecule has 0 bridgehead atoms. The number of rotatable bonds is 15. The highest BCUT2D eigenvalue weighted by molar-refractivity contribution is 6.41. The summed E-state index contributed by atoms with van der Waals surface area (Å²) in [5, 5.41) is 15.6. The van der Waals surface area contributed by atoms with Crippen LogP contribution in [0.3, 0.4) is 0 Å². The van der Waals surface area contributed by atoms with Crippen LogP contribution in [0.5, 0.6) is 11.5 Å². The van der Waals surface area contributed by atoms with Crippen LogP contribution in [0.4, 0.5) is 11.5 Å². The molecule has 1 aliphatic heterocycles. The number of likely N-dealkylation sites (N-methyl/N-ethyl adjacent to an activating group) is 1. The Morgan fingerprint density at radius 3 is 2.43 bits per heavy atom. The third-order valence-corrected chi connectivity index (χ3v) is 10.3. The lowest BCUT2D eigenvalue weighted by molar-refractivity contribution is -0.880. The van der Waals surface area contributed by atoms with Crippen LogP contribution in [0, 0.1) is 10.1 Å². The normalized spacial score (nSPS) is 13.4. The summed E-state index contributed by atoms with van der Waals surface area (Å²) in [7, 11) is 6.84. The number of hydrogen-bond acceptors (Lipinski definition) is 9. The highest BCUT2D eigenvalue weighted by atomic mass is 35.5. The summed E-state index contributed by atoms with van der Waals surface area (Å²) in [6.45, 7) is 2.85. The summed E-state index contributed by atoms with van der Waals surface area (Å²) in [4.78, 5) is 47.4. The fourth-order valence-corrected chi connectivity index (χ4v) is 7.52. The molecule has 2 aromatic heterocycles. The number of nitrogens with one attached hydrogen (secondary N) is 1. The van der Waals surface area contributed by atoms with Crippen molar-refractivity contribution in [3.05, 3.63) is 144 Å². The molecule has 1 aliphatic rings. The average Bonchev–Trinajstić information content (AvgIpc) is 3.63. The molecule has 14 heteroatoms. The second-order valence-corrected chi connectivity index (χ2v) is 14.8. The van der Waals surface area contributed by atoms with Crippen LogP contribution in [0.15, 0.2) is 112 Å². The van der Waals surface area contributed by atoms with Crippen molar-refractivity contribution < 1.29 is 23.7 Å². The standard InChI is InChI=1S/C42H40Cl2N6O6/c1-26(28-12-9-11-27(19-28)20-32(51)15-10-18-50(2,3)25-29-16-17-45-41(29)49(53)54)48-34-22-37(47-31-13-7-6-8-14-31)46-24-30(34)21-33(42(48)52)38-39(43)35(55-4)23-36(56-5)40(38)44/h6-15,17,19,21-24,26H,16,18,20,25H2,1-5H3/p+1/b15-10+. The van der Waals surface area contributed by atoms with Gasteiger partial charge in [-0.2, -0.15) is 0 Å². The molecule has 5 aromatic rings. The molecule has 56 heavy (non-hydrogen) atoms. The first-order valence-electron chi connectivity index (χ1n) is 17.8. The minimum Gasteiger partial charge on any atom is -0.495 e. The second-order valence-electron chi connectivity index (χ2n) is 14.1. The first kappa shape index (κ1) is 39.9. The number of halogens is 2.